The van der Waals surface area contributed by atoms with Gasteiger partial charge in [0.1, 0.15) is 5.75 Å². The van der Waals surface area contributed by atoms with Gasteiger partial charge >= 0.3 is 6.09 Å². The third-order valence-electron chi connectivity index (χ3n) is 3.07. The van der Waals surface area contributed by atoms with Gasteiger partial charge in [0.05, 0.1) is 5.56 Å². The van der Waals surface area contributed by atoms with E-state index in [2.05, 4.69) is 0 Å². The van der Waals surface area contributed by atoms with E-state index in [4.69, 9.17) is 4.74 Å². The minimum atomic E-state index is -0.485. The predicted molar refractivity (Wildman–Crippen MR) is 71.3 cm³/mol. The van der Waals surface area contributed by atoms with Crippen LogP contribution in [0.25, 0.3) is 0 Å². The molecule has 0 bridgehead atoms. The first-order valence-electron chi connectivity index (χ1n) is 6.37. The molecule has 0 unspecified atom stereocenters. The van der Waals surface area contributed by atoms with Crippen LogP contribution in [0.3, 0.4) is 0 Å². The van der Waals surface area contributed by atoms with Crippen LogP contribution in [0.5, 0.6) is 5.75 Å². The number of ether oxygens (including phenoxy) is 1. The molecule has 1 saturated heterocycles. The molecular weight excluding hydrogens is 244 g/mol. The smallest absolute Gasteiger partial charge is 0.409 e. The Morgan fingerprint density at radius 1 is 1.16 bits per heavy atom. The Kier molecular flexibility index (Phi) is 4.04. The van der Waals surface area contributed by atoms with E-state index in [1.165, 1.54) is 4.90 Å². The maximum absolute atomic E-state index is 12.3. The lowest BCUT2D eigenvalue weighted by Gasteiger charge is -2.18. The molecule has 1 aromatic rings. The Hall–Kier alpha value is -2.04. The molecule has 102 valence electrons. The van der Waals surface area contributed by atoms with Gasteiger partial charge in [-0.05, 0) is 25.0 Å². The average Bonchev–Trinajstić information content (AvgIpc) is 2.92. The van der Waals surface area contributed by atoms with Crippen molar-refractivity contribution in [1.82, 2.24) is 9.80 Å². The first-order chi connectivity index (χ1) is 9.09. The van der Waals surface area contributed by atoms with Gasteiger partial charge in [-0.3, -0.25) is 4.79 Å². The molecule has 0 atom stereocenters. The third-order valence-corrected chi connectivity index (χ3v) is 3.07. The van der Waals surface area contributed by atoms with Crippen LogP contribution in [-0.4, -0.2) is 49.0 Å². The normalized spacial score (nSPS) is 14.3. The minimum Gasteiger partial charge on any atom is -0.409 e. The van der Waals surface area contributed by atoms with Crippen LogP contribution < -0.4 is 4.74 Å². The molecule has 0 spiro atoms. The second kappa shape index (κ2) is 5.73. The maximum atomic E-state index is 12.3. The average molecular weight is 262 g/mol. The van der Waals surface area contributed by atoms with E-state index in [0.717, 1.165) is 25.9 Å². The highest BCUT2D eigenvalue weighted by atomic mass is 16.6. The van der Waals surface area contributed by atoms with Gasteiger partial charge < -0.3 is 14.5 Å². The Labute approximate surface area is 112 Å². The zero-order valence-corrected chi connectivity index (χ0v) is 11.3. The molecule has 0 aromatic heterocycles. The van der Waals surface area contributed by atoms with E-state index in [1.54, 1.807) is 43.3 Å². The van der Waals surface area contributed by atoms with Crippen molar-refractivity contribution in [1.29, 1.82) is 0 Å². The van der Waals surface area contributed by atoms with E-state index in [1.807, 2.05) is 0 Å². The Balaban J connectivity index is 2.20. The zero-order valence-electron chi connectivity index (χ0n) is 11.3. The van der Waals surface area contributed by atoms with Crippen LogP contribution in [0.15, 0.2) is 24.3 Å². The highest BCUT2D eigenvalue weighted by Crippen LogP contribution is 2.22. The Bertz CT molecular complexity index is 479. The number of hydrogen-bond acceptors (Lipinski definition) is 3. The fourth-order valence-electron chi connectivity index (χ4n) is 2.01. The topological polar surface area (TPSA) is 49.9 Å². The quantitative estimate of drug-likeness (QED) is 0.819. The number of hydrogen-bond donors (Lipinski definition) is 0. The fourth-order valence-corrected chi connectivity index (χ4v) is 2.01. The molecule has 2 amide bonds. The van der Waals surface area contributed by atoms with Crippen molar-refractivity contribution >= 4 is 12.0 Å². The summed E-state index contributed by atoms with van der Waals surface area (Å²) in [6, 6.07) is 6.86. The van der Waals surface area contributed by atoms with Gasteiger partial charge in [-0.25, -0.2) is 4.79 Å². The summed E-state index contributed by atoms with van der Waals surface area (Å²) in [4.78, 5) is 27.1. The molecule has 5 heteroatoms. The van der Waals surface area contributed by atoms with Crippen LogP contribution >= 0.6 is 0 Å². The van der Waals surface area contributed by atoms with E-state index in [-0.39, 0.29) is 5.91 Å². The molecular formula is C14H18N2O3. The second-order valence-corrected chi connectivity index (χ2v) is 4.76. The molecule has 0 aliphatic carbocycles. The molecule has 1 fully saturated rings. The molecule has 0 N–H and O–H groups in total. The summed E-state index contributed by atoms with van der Waals surface area (Å²) >= 11 is 0. The summed E-state index contributed by atoms with van der Waals surface area (Å²) in [6.45, 7) is 1.55. The van der Waals surface area contributed by atoms with Gasteiger partial charge in [-0.2, -0.15) is 0 Å². The predicted octanol–water partition coefficient (Wildman–Crippen LogP) is 1.98. The summed E-state index contributed by atoms with van der Waals surface area (Å²) < 4.78 is 5.23. The van der Waals surface area contributed by atoms with Crippen molar-refractivity contribution in [3.63, 3.8) is 0 Å². The number of carbonyl (C=O) groups excluding carboxylic acids is 2. The number of nitrogens with zero attached hydrogens (tertiary/aromatic N) is 2. The summed E-state index contributed by atoms with van der Waals surface area (Å²) in [7, 11) is 3.21. The van der Waals surface area contributed by atoms with Gasteiger partial charge in [0.2, 0.25) is 0 Å². The second-order valence-electron chi connectivity index (χ2n) is 4.76. The monoisotopic (exact) mass is 262 g/mol. The fraction of sp³-hybridized carbons (Fsp3) is 0.429. The van der Waals surface area contributed by atoms with Crippen LogP contribution in [0, 0.1) is 0 Å². The Morgan fingerprint density at radius 3 is 2.42 bits per heavy atom. The van der Waals surface area contributed by atoms with E-state index >= 15 is 0 Å². The molecule has 1 aromatic carbocycles. The zero-order chi connectivity index (χ0) is 13.8. The molecule has 19 heavy (non-hydrogen) atoms. The molecule has 1 heterocycles. The highest BCUT2D eigenvalue weighted by Gasteiger charge is 2.23. The third kappa shape index (κ3) is 3.05. The van der Waals surface area contributed by atoms with E-state index in [9.17, 15) is 9.59 Å². The van der Waals surface area contributed by atoms with Crippen molar-refractivity contribution in [3.8, 4) is 5.75 Å². The molecule has 0 radical (unpaired) electrons. The number of rotatable bonds is 2. The first-order valence-corrected chi connectivity index (χ1v) is 6.37. The standard InChI is InChI=1S/C14H18N2O3/c1-15(2)14(18)19-12-8-4-3-7-11(12)13(17)16-9-5-6-10-16/h3-4,7-8H,5-6,9-10H2,1-2H3. The first kappa shape index (κ1) is 13.4. The van der Waals surface area contributed by atoms with Crippen LogP contribution in [0.2, 0.25) is 0 Å². The summed E-state index contributed by atoms with van der Waals surface area (Å²) in [5.41, 5.74) is 0.444. The van der Waals surface area contributed by atoms with Crippen LogP contribution in [-0.2, 0) is 0 Å². The van der Waals surface area contributed by atoms with E-state index in [0.29, 0.717) is 11.3 Å². The Morgan fingerprint density at radius 2 is 1.79 bits per heavy atom. The largest absolute Gasteiger partial charge is 0.414 e. The maximum Gasteiger partial charge on any atom is 0.414 e. The van der Waals surface area contributed by atoms with Gasteiger partial charge in [-0.15, -0.1) is 0 Å². The molecule has 2 rings (SSSR count). The SMILES string of the molecule is CN(C)C(=O)Oc1ccccc1C(=O)N1CCCC1. The number of benzene rings is 1. The van der Waals surface area contributed by atoms with Crippen molar-refractivity contribution in [3.05, 3.63) is 29.8 Å². The number of likely N-dealkylation sites (tertiary alicyclic amines) is 1. The van der Waals surface area contributed by atoms with Gasteiger partial charge in [0, 0.05) is 27.2 Å². The van der Waals surface area contributed by atoms with Crippen LogP contribution in [0.4, 0.5) is 4.79 Å². The number of para-hydroxylation sites is 1. The van der Waals surface area contributed by atoms with E-state index < -0.39 is 6.09 Å². The summed E-state index contributed by atoms with van der Waals surface area (Å²) in [6.07, 6.45) is 1.58. The molecule has 0 saturated carbocycles. The van der Waals surface area contributed by atoms with Crippen molar-refractivity contribution in [2.45, 2.75) is 12.8 Å². The van der Waals surface area contributed by atoms with Crippen LogP contribution in [0.1, 0.15) is 23.2 Å². The lowest BCUT2D eigenvalue weighted by atomic mass is 10.2. The lowest BCUT2D eigenvalue weighted by molar-refractivity contribution is 0.0789. The van der Waals surface area contributed by atoms with Gasteiger partial charge in [0.25, 0.3) is 5.91 Å². The highest BCUT2D eigenvalue weighted by molar-refractivity contribution is 5.97. The van der Waals surface area contributed by atoms with Gasteiger partial charge in [0.15, 0.2) is 0 Å². The molecule has 5 nitrogen and oxygen atoms in total. The molecule has 1 aliphatic heterocycles. The summed E-state index contributed by atoms with van der Waals surface area (Å²) in [5, 5.41) is 0. The summed E-state index contributed by atoms with van der Waals surface area (Å²) in [5.74, 6) is 0.248. The lowest BCUT2D eigenvalue weighted by Crippen LogP contribution is -2.30. The minimum absolute atomic E-state index is 0.0698. The van der Waals surface area contributed by atoms with Crippen molar-refractivity contribution in [2.75, 3.05) is 27.2 Å². The molecule has 1 aliphatic rings. The van der Waals surface area contributed by atoms with Gasteiger partial charge in [-0.1, -0.05) is 12.1 Å². The van der Waals surface area contributed by atoms with Crippen molar-refractivity contribution < 1.29 is 14.3 Å². The number of amides is 2. The van der Waals surface area contributed by atoms with Crippen molar-refractivity contribution in [2.24, 2.45) is 0 Å². The number of carbonyl (C=O) groups is 2.